The smallest absolute Gasteiger partial charge is 0.238 e. The predicted octanol–water partition coefficient (Wildman–Crippen LogP) is 2.78. The normalized spacial score (nSPS) is 24.7. The van der Waals surface area contributed by atoms with Crippen molar-refractivity contribution in [2.45, 2.75) is 12.8 Å². The summed E-state index contributed by atoms with van der Waals surface area (Å²) >= 11 is 3.34. The van der Waals surface area contributed by atoms with Crippen molar-refractivity contribution in [2.75, 3.05) is 4.90 Å². The molecule has 0 bridgehead atoms. The van der Waals surface area contributed by atoms with Crippen LogP contribution in [-0.4, -0.2) is 11.8 Å². The van der Waals surface area contributed by atoms with E-state index in [-0.39, 0.29) is 23.7 Å². The first kappa shape index (κ1) is 13.1. The zero-order valence-electron chi connectivity index (χ0n) is 10.5. The number of carbonyl (C=O) groups excluding carboxylic acids is 2. The van der Waals surface area contributed by atoms with Crippen LogP contribution in [-0.2, 0) is 9.59 Å². The van der Waals surface area contributed by atoms with Crippen LogP contribution in [0.25, 0.3) is 0 Å². The molecule has 1 aliphatic heterocycles. The molecule has 3 rings (SSSR count). The van der Waals surface area contributed by atoms with Crippen LogP contribution in [0.5, 0.6) is 0 Å². The van der Waals surface area contributed by atoms with Crippen LogP contribution in [0.2, 0.25) is 0 Å². The van der Waals surface area contributed by atoms with E-state index in [9.17, 15) is 9.59 Å². The fourth-order valence-corrected chi connectivity index (χ4v) is 3.35. The molecular formula is C15H11BrN2O2. The largest absolute Gasteiger partial charge is 0.274 e. The lowest BCUT2D eigenvalue weighted by atomic mass is 9.85. The average Bonchev–Trinajstić information content (AvgIpc) is 2.72. The third kappa shape index (κ3) is 1.88. The molecule has 2 amide bonds. The van der Waals surface area contributed by atoms with E-state index < -0.39 is 0 Å². The van der Waals surface area contributed by atoms with Crippen LogP contribution >= 0.6 is 15.9 Å². The first-order valence-corrected chi connectivity index (χ1v) is 7.15. The summed E-state index contributed by atoms with van der Waals surface area (Å²) in [5.74, 6) is -0.769. The summed E-state index contributed by atoms with van der Waals surface area (Å²) < 4.78 is 0.588. The van der Waals surface area contributed by atoms with Gasteiger partial charge in [-0.15, -0.1) is 0 Å². The molecule has 2 aliphatic rings. The minimum absolute atomic E-state index is 0.144. The molecule has 0 N–H and O–H groups in total. The number of benzene rings is 1. The van der Waals surface area contributed by atoms with Crippen molar-refractivity contribution in [3.05, 3.63) is 40.4 Å². The van der Waals surface area contributed by atoms with Gasteiger partial charge in [0.05, 0.1) is 29.2 Å². The summed E-state index contributed by atoms with van der Waals surface area (Å²) in [6.07, 6.45) is 5.17. The first-order valence-electron chi connectivity index (χ1n) is 6.36. The predicted molar refractivity (Wildman–Crippen MR) is 76.7 cm³/mol. The van der Waals surface area contributed by atoms with E-state index in [1.54, 1.807) is 18.2 Å². The molecular weight excluding hydrogens is 320 g/mol. The minimum Gasteiger partial charge on any atom is -0.274 e. The van der Waals surface area contributed by atoms with Crippen molar-refractivity contribution in [1.29, 1.82) is 5.26 Å². The van der Waals surface area contributed by atoms with Gasteiger partial charge in [0.15, 0.2) is 0 Å². The number of anilines is 1. The number of halogens is 1. The number of nitriles is 1. The number of nitrogens with zero attached hydrogens (tertiary/aromatic N) is 2. The van der Waals surface area contributed by atoms with Crippen molar-refractivity contribution in [3.8, 4) is 6.07 Å². The third-order valence-electron chi connectivity index (χ3n) is 3.83. The highest BCUT2D eigenvalue weighted by molar-refractivity contribution is 9.10. The molecule has 2 atom stereocenters. The summed E-state index contributed by atoms with van der Waals surface area (Å²) in [5.41, 5.74) is 1.01. The van der Waals surface area contributed by atoms with E-state index in [1.165, 1.54) is 4.90 Å². The molecule has 0 saturated carbocycles. The molecule has 4 nitrogen and oxygen atoms in total. The number of amides is 2. The van der Waals surface area contributed by atoms with Gasteiger partial charge in [-0.3, -0.25) is 9.59 Å². The third-order valence-corrected chi connectivity index (χ3v) is 4.46. The Morgan fingerprint density at radius 1 is 1.15 bits per heavy atom. The Morgan fingerprint density at radius 2 is 1.75 bits per heavy atom. The highest BCUT2D eigenvalue weighted by atomic mass is 79.9. The zero-order valence-corrected chi connectivity index (χ0v) is 12.1. The summed E-state index contributed by atoms with van der Waals surface area (Å²) in [4.78, 5) is 26.1. The van der Waals surface area contributed by atoms with Crippen LogP contribution in [0.1, 0.15) is 18.4 Å². The van der Waals surface area contributed by atoms with Gasteiger partial charge in [-0.1, -0.05) is 12.2 Å². The molecule has 0 aromatic heterocycles. The molecule has 1 heterocycles. The van der Waals surface area contributed by atoms with Crippen LogP contribution in [0.3, 0.4) is 0 Å². The molecule has 20 heavy (non-hydrogen) atoms. The SMILES string of the molecule is N#Cc1ccc(N2C(=O)[C@H]3CC=CC[C@H]3C2=O)c(Br)c1. The summed E-state index contributed by atoms with van der Waals surface area (Å²) in [6.45, 7) is 0. The highest BCUT2D eigenvalue weighted by Crippen LogP contribution is 2.40. The number of carbonyl (C=O) groups is 2. The van der Waals surface area contributed by atoms with Gasteiger partial charge < -0.3 is 0 Å². The van der Waals surface area contributed by atoms with Crippen LogP contribution < -0.4 is 4.90 Å². The van der Waals surface area contributed by atoms with Gasteiger partial charge in [-0.25, -0.2) is 4.90 Å². The zero-order chi connectivity index (χ0) is 14.3. The Bertz CT molecular complexity index is 649. The van der Waals surface area contributed by atoms with Crippen LogP contribution in [0.4, 0.5) is 5.69 Å². The molecule has 100 valence electrons. The van der Waals surface area contributed by atoms with Crippen LogP contribution in [0.15, 0.2) is 34.8 Å². The monoisotopic (exact) mass is 330 g/mol. The van der Waals surface area contributed by atoms with Crippen molar-refractivity contribution in [2.24, 2.45) is 11.8 Å². The van der Waals surface area contributed by atoms with Crippen molar-refractivity contribution in [3.63, 3.8) is 0 Å². The van der Waals surface area contributed by atoms with Gasteiger partial charge in [-0.05, 0) is 47.0 Å². The van der Waals surface area contributed by atoms with Crippen molar-refractivity contribution < 1.29 is 9.59 Å². The summed E-state index contributed by atoms with van der Waals surface area (Å²) in [5, 5.41) is 8.86. The second kappa shape index (κ2) is 4.88. The fraction of sp³-hybridized carbons (Fsp3) is 0.267. The first-order chi connectivity index (χ1) is 9.63. The number of imide groups is 1. The average molecular weight is 331 g/mol. The lowest BCUT2D eigenvalue weighted by Crippen LogP contribution is -2.31. The Balaban J connectivity index is 2.01. The summed E-state index contributed by atoms with van der Waals surface area (Å²) in [6, 6.07) is 6.90. The number of hydrogen-bond acceptors (Lipinski definition) is 3. The van der Waals surface area contributed by atoms with Gasteiger partial charge in [0.2, 0.25) is 11.8 Å². The van der Waals surface area contributed by atoms with E-state index in [1.807, 2.05) is 18.2 Å². The Morgan fingerprint density at radius 3 is 2.25 bits per heavy atom. The molecule has 5 heteroatoms. The maximum Gasteiger partial charge on any atom is 0.238 e. The minimum atomic E-state index is -0.241. The number of fused-ring (bicyclic) bond motifs is 1. The molecule has 1 saturated heterocycles. The van der Waals surface area contributed by atoms with Gasteiger partial charge in [-0.2, -0.15) is 5.26 Å². The maximum atomic E-state index is 12.4. The standard InChI is InChI=1S/C15H11BrN2O2/c16-12-7-9(8-17)5-6-13(12)18-14(19)10-3-1-2-4-11(10)15(18)20/h1-2,5-7,10-11H,3-4H2/t10-,11+. The topological polar surface area (TPSA) is 61.2 Å². The highest BCUT2D eigenvalue weighted by Gasteiger charge is 2.48. The Hall–Kier alpha value is -1.93. The lowest BCUT2D eigenvalue weighted by molar-refractivity contribution is -0.122. The van der Waals surface area contributed by atoms with Crippen LogP contribution in [0, 0.1) is 23.2 Å². The van der Waals surface area contributed by atoms with Crippen molar-refractivity contribution in [1.82, 2.24) is 0 Å². The van der Waals surface area contributed by atoms with E-state index in [0.29, 0.717) is 28.6 Å². The second-order valence-corrected chi connectivity index (χ2v) is 5.80. The Kier molecular flexibility index (Phi) is 3.19. The lowest BCUT2D eigenvalue weighted by Gasteiger charge is -2.16. The van der Waals surface area contributed by atoms with Gasteiger partial charge in [0.25, 0.3) is 0 Å². The molecule has 1 aromatic carbocycles. The van der Waals surface area contributed by atoms with Gasteiger partial charge >= 0.3 is 0 Å². The second-order valence-electron chi connectivity index (χ2n) is 4.95. The number of hydrogen-bond donors (Lipinski definition) is 0. The molecule has 1 aromatic rings. The van der Waals surface area contributed by atoms with E-state index in [4.69, 9.17) is 5.26 Å². The van der Waals surface area contributed by atoms with Gasteiger partial charge in [0.1, 0.15) is 0 Å². The summed E-state index contributed by atoms with van der Waals surface area (Å²) in [7, 11) is 0. The van der Waals surface area contributed by atoms with Gasteiger partial charge in [0, 0.05) is 4.47 Å². The molecule has 1 fully saturated rings. The molecule has 1 aliphatic carbocycles. The molecule has 0 spiro atoms. The fourth-order valence-electron chi connectivity index (χ4n) is 2.80. The van der Waals surface area contributed by atoms with E-state index in [0.717, 1.165) is 0 Å². The Labute approximate surface area is 124 Å². The number of allylic oxidation sites excluding steroid dienone is 2. The molecule has 0 radical (unpaired) electrons. The maximum absolute atomic E-state index is 12.4. The van der Waals surface area contributed by atoms with E-state index >= 15 is 0 Å². The quantitative estimate of drug-likeness (QED) is 0.587. The molecule has 0 unspecified atom stereocenters. The van der Waals surface area contributed by atoms with E-state index in [2.05, 4.69) is 15.9 Å². The number of rotatable bonds is 1. The van der Waals surface area contributed by atoms with Crippen molar-refractivity contribution >= 4 is 33.4 Å².